The number of benzene rings is 1. The Balaban J connectivity index is 1.52. The highest BCUT2D eigenvalue weighted by molar-refractivity contribution is 5.89. The summed E-state index contributed by atoms with van der Waals surface area (Å²) in [5, 5.41) is 7.48. The number of urea groups is 1. The van der Waals surface area contributed by atoms with Crippen LogP contribution in [0.2, 0.25) is 0 Å². The van der Waals surface area contributed by atoms with Gasteiger partial charge in [-0.25, -0.2) is 14.3 Å². The van der Waals surface area contributed by atoms with Crippen LogP contribution in [0.15, 0.2) is 30.3 Å². The highest BCUT2D eigenvalue weighted by Crippen LogP contribution is 2.32. The number of rotatable bonds is 2. The fourth-order valence-electron chi connectivity index (χ4n) is 3.78. The Morgan fingerprint density at radius 3 is 2.74 bits per heavy atom. The van der Waals surface area contributed by atoms with E-state index in [1.165, 1.54) is 0 Å². The van der Waals surface area contributed by atoms with Gasteiger partial charge in [0.25, 0.3) is 0 Å². The van der Waals surface area contributed by atoms with Crippen LogP contribution in [-0.2, 0) is 4.74 Å². The predicted octanol–water partition coefficient (Wildman–Crippen LogP) is 2.55. The summed E-state index contributed by atoms with van der Waals surface area (Å²) in [6.45, 7) is 5.35. The Hall–Kier alpha value is -3.03. The zero-order valence-corrected chi connectivity index (χ0v) is 15.7. The van der Waals surface area contributed by atoms with Gasteiger partial charge in [0.05, 0.1) is 24.5 Å². The van der Waals surface area contributed by atoms with Crippen LogP contribution in [0.3, 0.4) is 0 Å². The second-order valence-electron chi connectivity index (χ2n) is 7.38. The van der Waals surface area contributed by atoms with E-state index in [0.29, 0.717) is 31.9 Å². The second-order valence-corrected chi connectivity index (χ2v) is 7.38. The number of carbonyl (C=O) groups excluding carboxylic acids is 2. The lowest BCUT2D eigenvalue weighted by Crippen LogP contribution is -2.40. The van der Waals surface area contributed by atoms with E-state index in [4.69, 9.17) is 4.74 Å². The lowest BCUT2D eigenvalue weighted by atomic mass is 10.0. The van der Waals surface area contributed by atoms with Crippen LogP contribution in [0.5, 0.6) is 0 Å². The Morgan fingerprint density at radius 2 is 2.04 bits per heavy atom. The fourth-order valence-corrected chi connectivity index (χ4v) is 3.78. The quantitative estimate of drug-likeness (QED) is 0.882. The third-order valence-electron chi connectivity index (χ3n) is 5.15. The molecule has 0 aliphatic carbocycles. The molecule has 2 fully saturated rings. The SMILES string of the molecule is Cc1cc(NC(=O)N2CCC3(CN(C)C(=O)O3)C2)n(-c2ccccc2C)n1. The maximum Gasteiger partial charge on any atom is 0.410 e. The van der Waals surface area contributed by atoms with Gasteiger partial charge in [-0.05, 0) is 25.5 Å². The van der Waals surface area contributed by atoms with E-state index >= 15 is 0 Å². The minimum absolute atomic E-state index is 0.216. The molecule has 142 valence electrons. The minimum atomic E-state index is -0.588. The average molecular weight is 369 g/mol. The van der Waals surface area contributed by atoms with Crippen molar-refractivity contribution in [3.05, 3.63) is 41.6 Å². The van der Waals surface area contributed by atoms with Gasteiger partial charge < -0.3 is 14.5 Å². The van der Waals surface area contributed by atoms with Crippen LogP contribution in [0.4, 0.5) is 15.4 Å². The fraction of sp³-hybridized carbons (Fsp3) is 0.421. The lowest BCUT2D eigenvalue weighted by molar-refractivity contribution is 0.0662. The Labute approximate surface area is 157 Å². The van der Waals surface area contributed by atoms with E-state index in [2.05, 4.69) is 10.4 Å². The first-order valence-corrected chi connectivity index (χ1v) is 9.00. The summed E-state index contributed by atoms with van der Waals surface area (Å²) in [5.41, 5.74) is 2.22. The molecule has 1 atom stereocenters. The first-order chi connectivity index (χ1) is 12.9. The van der Waals surface area contributed by atoms with E-state index < -0.39 is 5.60 Å². The molecule has 8 nitrogen and oxygen atoms in total. The Bertz CT molecular complexity index is 909. The smallest absolute Gasteiger partial charge is 0.410 e. The maximum absolute atomic E-state index is 12.8. The summed E-state index contributed by atoms with van der Waals surface area (Å²) in [4.78, 5) is 27.8. The molecule has 1 N–H and O–H groups in total. The number of nitrogens with one attached hydrogen (secondary N) is 1. The number of carbonyl (C=O) groups is 2. The van der Waals surface area contributed by atoms with Crippen LogP contribution in [0, 0.1) is 13.8 Å². The molecule has 2 aromatic rings. The summed E-state index contributed by atoms with van der Waals surface area (Å²) in [5.74, 6) is 0.619. The van der Waals surface area contributed by atoms with Gasteiger partial charge in [0.15, 0.2) is 5.60 Å². The average Bonchev–Trinajstić information content (AvgIpc) is 3.27. The molecule has 27 heavy (non-hydrogen) atoms. The summed E-state index contributed by atoms with van der Waals surface area (Å²) in [6.07, 6.45) is 0.317. The van der Waals surface area contributed by atoms with Crippen molar-refractivity contribution in [2.24, 2.45) is 0 Å². The third kappa shape index (κ3) is 3.11. The monoisotopic (exact) mass is 369 g/mol. The van der Waals surface area contributed by atoms with Gasteiger partial charge in [0, 0.05) is 26.1 Å². The number of hydrogen-bond acceptors (Lipinski definition) is 4. The molecule has 3 heterocycles. The molecular formula is C19H23N5O3. The van der Waals surface area contributed by atoms with Crippen molar-refractivity contribution in [2.45, 2.75) is 25.9 Å². The van der Waals surface area contributed by atoms with Crippen molar-refractivity contribution < 1.29 is 14.3 Å². The molecule has 0 bridgehead atoms. The summed E-state index contributed by atoms with van der Waals surface area (Å²) >= 11 is 0. The van der Waals surface area contributed by atoms with Gasteiger partial charge in [-0.15, -0.1) is 0 Å². The first kappa shape index (κ1) is 17.4. The van der Waals surface area contributed by atoms with E-state index in [-0.39, 0.29) is 12.1 Å². The highest BCUT2D eigenvalue weighted by Gasteiger charge is 2.49. The van der Waals surface area contributed by atoms with Crippen molar-refractivity contribution in [3.63, 3.8) is 0 Å². The number of amides is 3. The van der Waals surface area contributed by atoms with Gasteiger partial charge in [-0.3, -0.25) is 5.32 Å². The molecule has 2 aliphatic heterocycles. The van der Waals surface area contributed by atoms with E-state index in [1.807, 2.05) is 44.2 Å². The van der Waals surface area contributed by atoms with Gasteiger partial charge in [-0.1, -0.05) is 18.2 Å². The molecule has 2 aliphatic rings. The van der Waals surface area contributed by atoms with Crippen LogP contribution < -0.4 is 5.32 Å². The molecular weight excluding hydrogens is 346 g/mol. The lowest BCUT2D eigenvalue weighted by Gasteiger charge is -2.22. The van der Waals surface area contributed by atoms with Crippen molar-refractivity contribution in [3.8, 4) is 5.69 Å². The van der Waals surface area contributed by atoms with E-state index in [1.54, 1.807) is 21.5 Å². The Morgan fingerprint density at radius 1 is 1.26 bits per heavy atom. The molecule has 8 heteroatoms. The van der Waals surface area contributed by atoms with Crippen LogP contribution in [-0.4, -0.2) is 64.0 Å². The van der Waals surface area contributed by atoms with Crippen molar-refractivity contribution in [2.75, 3.05) is 32.0 Å². The van der Waals surface area contributed by atoms with Crippen molar-refractivity contribution in [1.82, 2.24) is 19.6 Å². The van der Waals surface area contributed by atoms with Crippen LogP contribution >= 0.6 is 0 Å². The number of nitrogens with zero attached hydrogens (tertiary/aromatic N) is 4. The molecule has 0 radical (unpaired) electrons. The molecule has 4 rings (SSSR count). The topological polar surface area (TPSA) is 79.7 Å². The maximum atomic E-state index is 12.8. The number of aromatic nitrogens is 2. The van der Waals surface area contributed by atoms with Gasteiger partial charge >= 0.3 is 12.1 Å². The summed E-state index contributed by atoms with van der Waals surface area (Å²) in [7, 11) is 1.71. The summed E-state index contributed by atoms with van der Waals surface area (Å²) < 4.78 is 7.26. The standard InChI is InChI=1S/C19H23N5O3/c1-13-6-4-5-7-15(13)24-16(10-14(2)21-24)20-17(25)23-9-8-19(12-23)11-22(3)18(26)27-19/h4-7,10H,8-9,11-12H2,1-3H3,(H,20,25). The van der Waals surface area contributed by atoms with Gasteiger partial charge in [-0.2, -0.15) is 5.10 Å². The second kappa shape index (κ2) is 6.29. The van der Waals surface area contributed by atoms with Crippen molar-refractivity contribution >= 4 is 17.9 Å². The van der Waals surface area contributed by atoms with Gasteiger partial charge in [0.2, 0.25) is 0 Å². The predicted molar refractivity (Wildman–Crippen MR) is 100 cm³/mol. The summed E-state index contributed by atoms with van der Waals surface area (Å²) in [6, 6.07) is 9.52. The zero-order valence-electron chi connectivity index (χ0n) is 15.7. The molecule has 1 unspecified atom stereocenters. The molecule has 1 aromatic heterocycles. The molecule has 2 saturated heterocycles. The van der Waals surface area contributed by atoms with Crippen molar-refractivity contribution in [1.29, 1.82) is 0 Å². The molecule has 0 saturated carbocycles. The van der Waals surface area contributed by atoms with Crippen LogP contribution in [0.25, 0.3) is 5.69 Å². The van der Waals surface area contributed by atoms with Crippen LogP contribution in [0.1, 0.15) is 17.7 Å². The number of hydrogen-bond donors (Lipinski definition) is 1. The first-order valence-electron chi connectivity index (χ1n) is 9.00. The number of anilines is 1. The highest BCUT2D eigenvalue weighted by atomic mass is 16.6. The number of likely N-dealkylation sites (N-methyl/N-ethyl adjacent to an activating group) is 1. The molecule has 3 amide bonds. The normalized spacial score (nSPS) is 21.8. The number of aryl methyl sites for hydroxylation is 2. The zero-order chi connectivity index (χ0) is 19.2. The number of likely N-dealkylation sites (tertiary alicyclic amines) is 1. The largest absolute Gasteiger partial charge is 0.439 e. The van der Waals surface area contributed by atoms with E-state index in [0.717, 1.165) is 16.9 Å². The molecule has 1 aromatic carbocycles. The third-order valence-corrected chi connectivity index (χ3v) is 5.15. The molecule has 1 spiro atoms. The number of para-hydroxylation sites is 1. The number of ether oxygens (including phenoxy) is 1. The minimum Gasteiger partial charge on any atom is -0.439 e. The van der Waals surface area contributed by atoms with Gasteiger partial charge in [0.1, 0.15) is 5.82 Å². The Kier molecular flexibility index (Phi) is 4.05. The van der Waals surface area contributed by atoms with E-state index in [9.17, 15) is 9.59 Å².